The van der Waals surface area contributed by atoms with Crippen LogP contribution in [0.2, 0.25) is 0 Å². The van der Waals surface area contributed by atoms with Gasteiger partial charge in [0, 0.05) is 17.2 Å². The Bertz CT molecular complexity index is 600. The summed E-state index contributed by atoms with van der Waals surface area (Å²) in [6.07, 6.45) is 0. The van der Waals surface area contributed by atoms with Gasteiger partial charge in [-0.15, -0.1) is 0 Å². The number of nitro benzene ring substituents is 1. The minimum atomic E-state index is -1.05. The van der Waals surface area contributed by atoms with Crippen molar-refractivity contribution in [2.45, 2.75) is 13.0 Å². The van der Waals surface area contributed by atoms with Gasteiger partial charge in [-0.3, -0.25) is 19.7 Å². The first kappa shape index (κ1) is 14.9. The monoisotopic (exact) mass is 294 g/mol. The predicted octanol–water partition coefficient (Wildman–Crippen LogP) is 0.733. The van der Waals surface area contributed by atoms with E-state index in [1.807, 2.05) is 0 Å². The number of amides is 1. The van der Waals surface area contributed by atoms with Crippen LogP contribution in [0.3, 0.4) is 0 Å². The number of aliphatic carboxylic acids is 1. The van der Waals surface area contributed by atoms with Crippen LogP contribution in [0, 0.1) is 23.0 Å². The first-order chi connectivity index (χ1) is 9.91. The largest absolute Gasteiger partial charge is 0.481 e. The lowest BCUT2D eigenvalue weighted by atomic mass is 10.0. The molecule has 2 rings (SSSR count). The highest BCUT2D eigenvalue weighted by atomic mass is 16.6. The molecule has 0 saturated carbocycles. The van der Waals surface area contributed by atoms with Gasteiger partial charge in [0.1, 0.15) is 5.92 Å². The summed E-state index contributed by atoms with van der Waals surface area (Å²) < 4.78 is 5.06. The van der Waals surface area contributed by atoms with E-state index in [0.717, 1.165) is 0 Å². The van der Waals surface area contributed by atoms with Gasteiger partial charge in [-0.2, -0.15) is 0 Å². The molecule has 2 atom stereocenters. The number of carboxylic acids is 1. The van der Waals surface area contributed by atoms with Crippen molar-refractivity contribution < 1.29 is 24.4 Å². The number of hydrogen-bond donors (Lipinski definition) is 2. The van der Waals surface area contributed by atoms with Gasteiger partial charge in [0.15, 0.2) is 0 Å². The summed E-state index contributed by atoms with van der Waals surface area (Å²) in [4.78, 5) is 33.5. The third kappa shape index (κ3) is 3.00. The average molecular weight is 294 g/mol. The Morgan fingerprint density at radius 2 is 2.14 bits per heavy atom. The molecule has 1 fully saturated rings. The lowest BCUT2D eigenvalue weighted by molar-refractivity contribution is -0.385. The standard InChI is InChI=1S/C13H14N2O6/c1-7-8(3-2-4-11(7)15(19)20)12(16)14-10-6-21-5-9(10)13(17)18/h2-4,9-10H,5-6H2,1H3,(H,14,16)(H,17,18). The fourth-order valence-corrected chi connectivity index (χ4v) is 2.25. The van der Waals surface area contributed by atoms with Gasteiger partial charge >= 0.3 is 5.97 Å². The average Bonchev–Trinajstić information content (AvgIpc) is 2.86. The van der Waals surface area contributed by atoms with E-state index in [-0.39, 0.29) is 30.0 Å². The van der Waals surface area contributed by atoms with E-state index in [1.54, 1.807) is 0 Å². The zero-order valence-corrected chi connectivity index (χ0v) is 11.2. The molecule has 1 saturated heterocycles. The van der Waals surface area contributed by atoms with E-state index in [9.17, 15) is 19.7 Å². The molecule has 2 N–H and O–H groups in total. The molecular formula is C13H14N2O6. The molecule has 1 aromatic carbocycles. The van der Waals surface area contributed by atoms with Gasteiger partial charge in [0.25, 0.3) is 11.6 Å². The summed E-state index contributed by atoms with van der Waals surface area (Å²) in [7, 11) is 0. The van der Waals surface area contributed by atoms with E-state index >= 15 is 0 Å². The number of nitrogens with zero attached hydrogens (tertiary/aromatic N) is 1. The van der Waals surface area contributed by atoms with Crippen molar-refractivity contribution in [2.75, 3.05) is 13.2 Å². The summed E-state index contributed by atoms with van der Waals surface area (Å²) in [5.41, 5.74) is 0.242. The van der Waals surface area contributed by atoms with Crippen molar-refractivity contribution in [3.63, 3.8) is 0 Å². The second-order valence-corrected chi connectivity index (χ2v) is 4.77. The number of benzene rings is 1. The summed E-state index contributed by atoms with van der Waals surface area (Å²) in [5.74, 6) is -2.40. The first-order valence-corrected chi connectivity index (χ1v) is 6.27. The molecule has 1 amide bonds. The van der Waals surface area contributed by atoms with Gasteiger partial charge in [-0.25, -0.2) is 0 Å². The number of nitrogens with one attached hydrogen (secondary N) is 1. The first-order valence-electron chi connectivity index (χ1n) is 6.27. The van der Waals surface area contributed by atoms with E-state index in [1.165, 1.54) is 25.1 Å². The van der Waals surface area contributed by atoms with Crippen LogP contribution in [0.15, 0.2) is 18.2 Å². The summed E-state index contributed by atoms with van der Waals surface area (Å²) in [5, 5.41) is 22.4. The van der Waals surface area contributed by atoms with E-state index in [0.29, 0.717) is 0 Å². The lowest BCUT2D eigenvalue weighted by Crippen LogP contribution is -2.42. The molecule has 8 nitrogen and oxygen atoms in total. The zero-order chi connectivity index (χ0) is 15.6. The number of carbonyl (C=O) groups excluding carboxylic acids is 1. The van der Waals surface area contributed by atoms with Crippen molar-refractivity contribution >= 4 is 17.6 Å². The fourth-order valence-electron chi connectivity index (χ4n) is 2.25. The van der Waals surface area contributed by atoms with Crippen LogP contribution in [0.1, 0.15) is 15.9 Å². The SMILES string of the molecule is Cc1c(C(=O)NC2COCC2C(=O)O)cccc1[N+](=O)[O-]. The topological polar surface area (TPSA) is 119 Å². The number of nitro groups is 1. The van der Waals surface area contributed by atoms with Crippen LogP contribution >= 0.6 is 0 Å². The van der Waals surface area contributed by atoms with Crippen LogP contribution in [0.25, 0.3) is 0 Å². The second kappa shape index (κ2) is 5.88. The van der Waals surface area contributed by atoms with Crippen molar-refractivity contribution in [3.8, 4) is 0 Å². The highest BCUT2D eigenvalue weighted by Gasteiger charge is 2.35. The maximum Gasteiger partial charge on any atom is 0.311 e. The van der Waals surface area contributed by atoms with Crippen LogP contribution < -0.4 is 5.32 Å². The van der Waals surface area contributed by atoms with Crippen molar-refractivity contribution in [1.82, 2.24) is 5.32 Å². The third-order valence-electron chi connectivity index (χ3n) is 3.46. The Morgan fingerprint density at radius 3 is 2.76 bits per heavy atom. The van der Waals surface area contributed by atoms with E-state index in [4.69, 9.17) is 9.84 Å². The maximum atomic E-state index is 12.2. The van der Waals surface area contributed by atoms with Crippen LogP contribution in [-0.4, -0.2) is 41.2 Å². The third-order valence-corrected chi connectivity index (χ3v) is 3.46. The molecule has 8 heteroatoms. The van der Waals surface area contributed by atoms with Gasteiger partial charge in [-0.1, -0.05) is 6.07 Å². The molecule has 2 unspecified atom stereocenters. The molecule has 0 bridgehead atoms. The Balaban J connectivity index is 2.19. The molecule has 1 aliphatic rings. The second-order valence-electron chi connectivity index (χ2n) is 4.77. The molecule has 0 aliphatic carbocycles. The molecule has 1 aromatic rings. The number of ether oxygens (including phenoxy) is 1. The summed E-state index contributed by atoms with van der Waals surface area (Å²) >= 11 is 0. The Morgan fingerprint density at radius 1 is 1.43 bits per heavy atom. The smallest absolute Gasteiger partial charge is 0.311 e. The Labute approximate surface area is 119 Å². The summed E-state index contributed by atoms with van der Waals surface area (Å²) in [6, 6.07) is 3.54. The van der Waals surface area contributed by atoms with Crippen LogP contribution in [0.4, 0.5) is 5.69 Å². The molecule has 1 heterocycles. The van der Waals surface area contributed by atoms with Crippen LogP contribution in [0.5, 0.6) is 0 Å². The zero-order valence-electron chi connectivity index (χ0n) is 11.2. The minimum absolute atomic E-state index is 0.0359. The molecule has 21 heavy (non-hydrogen) atoms. The van der Waals surface area contributed by atoms with Gasteiger partial charge in [-0.05, 0) is 13.0 Å². The van der Waals surface area contributed by atoms with Crippen LogP contribution in [-0.2, 0) is 9.53 Å². The lowest BCUT2D eigenvalue weighted by Gasteiger charge is -2.16. The van der Waals surface area contributed by atoms with Crippen molar-refractivity contribution in [2.24, 2.45) is 5.92 Å². The van der Waals surface area contributed by atoms with E-state index in [2.05, 4.69) is 5.32 Å². The molecule has 0 aromatic heterocycles. The van der Waals surface area contributed by atoms with Crippen molar-refractivity contribution in [3.05, 3.63) is 39.4 Å². The highest BCUT2D eigenvalue weighted by Crippen LogP contribution is 2.22. The molecular weight excluding hydrogens is 280 g/mol. The molecule has 0 spiro atoms. The van der Waals surface area contributed by atoms with Gasteiger partial charge < -0.3 is 15.2 Å². The molecule has 1 aliphatic heterocycles. The van der Waals surface area contributed by atoms with Gasteiger partial charge in [0.05, 0.1) is 24.2 Å². The highest BCUT2D eigenvalue weighted by molar-refractivity contribution is 5.97. The molecule has 112 valence electrons. The van der Waals surface area contributed by atoms with Crippen molar-refractivity contribution in [1.29, 1.82) is 0 Å². The maximum absolute atomic E-state index is 12.2. The normalized spacial score (nSPS) is 21.0. The number of rotatable bonds is 4. The van der Waals surface area contributed by atoms with Gasteiger partial charge in [0.2, 0.25) is 0 Å². The number of hydrogen-bond acceptors (Lipinski definition) is 5. The quantitative estimate of drug-likeness (QED) is 0.624. The fraction of sp³-hybridized carbons (Fsp3) is 0.385. The minimum Gasteiger partial charge on any atom is -0.481 e. The van der Waals surface area contributed by atoms with E-state index < -0.39 is 28.8 Å². The number of carboxylic acid groups (broad SMARTS) is 1. The predicted molar refractivity (Wildman–Crippen MR) is 71.0 cm³/mol. The Hall–Kier alpha value is -2.48. The Kier molecular flexibility index (Phi) is 4.18. The number of carbonyl (C=O) groups is 2. The summed E-state index contributed by atoms with van der Waals surface area (Å²) in [6.45, 7) is 1.62. The molecule has 0 radical (unpaired) electrons.